The highest BCUT2D eigenvalue weighted by atomic mass is 79.9. The Labute approximate surface area is 252 Å². The molecule has 6 nitrogen and oxygen atoms in total. The van der Waals surface area contributed by atoms with E-state index in [4.69, 9.17) is 10.2 Å². The van der Waals surface area contributed by atoms with Crippen LogP contribution in [0.15, 0.2) is 83.4 Å². The smallest absolute Gasteiger partial charge is 0.254 e. The molecule has 2 heterocycles. The second kappa shape index (κ2) is 14.8. The predicted molar refractivity (Wildman–Crippen MR) is 173 cm³/mol. The number of likely N-dealkylation sites (tertiary alicyclic amines) is 1. The van der Waals surface area contributed by atoms with E-state index in [2.05, 4.69) is 57.9 Å². The van der Waals surface area contributed by atoms with Gasteiger partial charge in [0.05, 0.1) is 17.1 Å². The zero-order valence-corrected chi connectivity index (χ0v) is 25.6. The van der Waals surface area contributed by atoms with E-state index in [-0.39, 0.29) is 5.91 Å². The van der Waals surface area contributed by atoms with Crippen molar-refractivity contribution in [3.8, 4) is 6.07 Å². The maximum absolute atomic E-state index is 14.2. The number of nitrogens with zero attached hydrogens (tertiary/aromatic N) is 4. The van der Waals surface area contributed by atoms with Gasteiger partial charge in [-0.2, -0.15) is 5.26 Å². The number of rotatable bonds is 12. The van der Waals surface area contributed by atoms with E-state index in [9.17, 15) is 4.79 Å². The summed E-state index contributed by atoms with van der Waals surface area (Å²) in [7, 11) is 0. The van der Waals surface area contributed by atoms with Gasteiger partial charge in [-0.25, -0.2) is 4.98 Å². The summed E-state index contributed by atoms with van der Waals surface area (Å²) in [5, 5.41) is 13.4. The van der Waals surface area contributed by atoms with Crippen molar-refractivity contribution < 1.29 is 4.79 Å². The molecule has 1 N–H and O–H groups in total. The molecule has 3 aromatic rings. The Morgan fingerprint density at radius 1 is 1.17 bits per heavy atom. The second-order valence-electron chi connectivity index (χ2n) is 10.3. The van der Waals surface area contributed by atoms with Gasteiger partial charge in [0, 0.05) is 41.6 Å². The first kappa shape index (κ1) is 30.2. The molecule has 4 rings (SSSR count). The molecule has 0 unspecified atom stereocenters. The van der Waals surface area contributed by atoms with Gasteiger partial charge < -0.3 is 15.1 Å². The van der Waals surface area contributed by atoms with Crippen LogP contribution in [-0.4, -0.2) is 53.4 Å². The van der Waals surface area contributed by atoms with Gasteiger partial charge in [0.25, 0.3) is 5.91 Å². The van der Waals surface area contributed by atoms with Gasteiger partial charge >= 0.3 is 0 Å². The fourth-order valence-electron chi connectivity index (χ4n) is 5.12. The largest absolute Gasteiger partial charge is 0.366 e. The van der Waals surface area contributed by atoms with Crippen molar-refractivity contribution in [1.29, 1.82) is 5.26 Å². The summed E-state index contributed by atoms with van der Waals surface area (Å²) >= 11 is 3.54. The molecule has 1 aromatic heterocycles. The molecule has 1 fully saturated rings. The Balaban J connectivity index is 1.72. The van der Waals surface area contributed by atoms with Crippen molar-refractivity contribution in [3.05, 3.63) is 100 Å². The van der Waals surface area contributed by atoms with Crippen molar-refractivity contribution in [3.63, 3.8) is 0 Å². The lowest BCUT2D eigenvalue weighted by molar-refractivity contribution is 0.0742. The highest BCUT2D eigenvalue weighted by Crippen LogP contribution is 2.28. The Morgan fingerprint density at radius 3 is 2.68 bits per heavy atom. The van der Waals surface area contributed by atoms with Crippen LogP contribution < -0.4 is 5.32 Å². The van der Waals surface area contributed by atoms with Gasteiger partial charge in [0.2, 0.25) is 0 Å². The number of carbonyl (C=O) groups is 1. The van der Waals surface area contributed by atoms with Gasteiger partial charge in [-0.1, -0.05) is 59.8 Å². The number of nitriles is 1. The van der Waals surface area contributed by atoms with E-state index in [0.717, 1.165) is 58.1 Å². The van der Waals surface area contributed by atoms with E-state index in [1.54, 1.807) is 6.08 Å². The molecule has 0 atom stereocenters. The van der Waals surface area contributed by atoms with Crippen molar-refractivity contribution >= 4 is 44.1 Å². The van der Waals surface area contributed by atoms with Crippen LogP contribution >= 0.6 is 15.9 Å². The monoisotopic (exact) mass is 611 g/mol. The molecular formula is C34H38BrN5O. The average Bonchev–Trinajstić information content (AvgIpc) is 3.51. The molecule has 0 bridgehead atoms. The number of anilines is 1. The van der Waals surface area contributed by atoms with Gasteiger partial charge in [-0.15, -0.1) is 0 Å². The number of benzene rings is 2. The maximum Gasteiger partial charge on any atom is 0.254 e. The fourth-order valence-corrected chi connectivity index (χ4v) is 5.57. The fraction of sp³-hybridized carbons (Fsp3) is 0.324. The second-order valence-corrected chi connectivity index (χ2v) is 11.2. The summed E-state index contributed by atoms with van der Waals surface area (Å²) in [5.74, 6) is 0.692. The lowest BCUT2D eigenvalue weighted by Gasteiger charge is -2.26. The molecule has 0 aliphatic carbocycles. The van der Waals surface area contributed by atoms with E-state index in [0.29, 0.717) is 36.6 Å². The minimum absolute atomic E-state index is 0.0246. The molecular weight excluding hydrogens is 574 g/mol. The number of carbonyl (C=O) groups excluding carboxylic acids is 1. The number of hydrogen-bond acceptors (Lipinski definition) is 5. The molecule has 1 amide bonds. The number of aromatic nitrogens is 1. The van der Waals surface area contributed by atoms with Crippen molar-refractivity contribution in [2.45, 2.75) is 39.7 Å². The first-order valence-electron chi connectivity index (χ1n) is 14.3. The lowest BCUT2D eigenvalue weighted by Crippen LogP contribution is -2.38. The highest BCUT2D eigenvalue weighted by Gasteiger charge is 2.21. The SMILES string of the molecule is C=C(C#N)/C=C\C(=C/C)c1ccc2nc(NCc3cccc(Br)c3)cc(C(=O)N(CCC)CCN3CCCC3)c2c1. The average molecular weight is 613 g/mol. The van der Waals surface area contributed by atoms with Crippen LogP contribution in [-0.2, 0) is 6.54 Å². The molecule has 0 spiro atoms. The molecule has 2 aromatic carbocycles. The first-order valence-corrected chi connectivity index (χ1v) is 15.1. The van der Waals surface area contributed by atoms with Crippen LogP contribution in [0, 0.1) is 11.3 Å². The summed E-state index contributed by atoms with van der Waals surface area (Å²) in [6, 6.07) is 18.1. The van der Waals surface area contributed by atoms with Gasteiger partial charge in [-0.3, -0.25) is 4.79 Å². The number of hydrogen-bond donors (Lipinski definition) is 1. The van der Waals surface area contributed by atoms with Crippen molar-refractivity contribution in [2.75, 3.05) is 38.0 Å². The molecule has 0 saturated carbocycles. The predicted octanol–water partition coefficient (Wildman–Crippen LogP) is 7.60. The summed E-state index contributed by atoms with van der Waals surface area (Å²) in [6.07, 6.45) is 8.94. The zero-order valence-electron chi connectivity index (χ0n) is 24.0. The lowest BCUT2D eigenvalue weighted by atomic mass is 9.99. The molecule has 41 heavy (non-hydrogen) atoms. The summed E-state index contributed by atoms with van der Waals surface area (Å²) < 4.78 is 1.02. The van der Waals surface area contributed by atoms with Gasteiger partial charge in [0.15, 0.2) is 0 Å². The topological polar surface area (TPSA) is 72.3 Å². The molecule has 7 heteroatoms. The molecule has 1 saturated heterocycles. The van der Waals surface area contributed by atoms with Crippen molar-refractivity contribution in [2.24, 2.45) is 0 Å². The number of pyridine rings is 1. The minimum Gasteiger partial charge on any atom is -0.366 e. The quantitative estimate of drug-likeness (QED) is 0.169. The third-order valence-electron chi connectivity index (χ3n) is 7.32. The van der Waals surface area contributed by atoms with Crippen molar-refractivity contribution in [1.82, 2.24) is 14.8 Å². The van der Waals surface area contributed by atoms with Gasteiger partial charge in [-0.05, 0) is 92.4 Å². The Bertz CT molecular complexity index is 1500. The number of amides is 1. The maximum atomic E-state index is 14.2. The first-order chi connectivity index (χ1) is 19.9. The Morgan fingerprint density at radius 2 is 1.98 bits per heavy atom. The third kappa shape index (κ3) is 8.16. The van der Waals surface area contributed by atoms with E-state index in [1.165, 1.54) is 12.8 Å². The van der Waals surface area contributed by atoms with Crippen LogP contribution in [0.5, 0.6) is 0 Å². The third-order valence-corrected chi connectivity index (χ3v) is 7.81. The van der Waals surface area contributed by atoms with E-state index in [1.807, 2.05) is 60.4 Å². The van der Waals surface area contributed by atoms with Crippen LogP contribution in [0.3, 0.4) is 0 Å². The minimum atomic E-state index is 0.0246. The number of fused-ring (bicyclic) bond motifs is 1. The van der Waals surface area contributed by atoms with Crippen LogP contribution in [0.25, 0.3) is 16.5 Å². The number of nitrogens with one attached hydrogen (secondary N) is 1. The molecule has 212 valence electrons. The van der Waals surface area contributed by atoms with Crippen LogP contribution in [0.1, 0.15) is 54.6 Å². The molecule has 1 aliphatic heterocycles. The molecule has 0 radical (unpaired) electrons. The van der Waals surface area contributed by atoms with E-state index >= 15 is 0 Å². The summed E-state index contributed by atoms with van der Waals surface area (Å²) in [5.41, 5.74) is 4.80. The van der Waals surface area contributed by atoms with E-state index < -0.39 is 0 Å². The molecule has 1 aliphatic rings. The summed E-state index contributed by atoms with van der Waals surface area (Å²) in [4.78, 5) is 23.5. The zero-order chi connectivity index (χ0) is 29.2. The standard InChI is InChI=1S/C34H38BrN5O/c1-4-15-40(19-18-39-16-6-7-17-39)34(41)31-22-33(37-24-26-9-8-10-29(35)20-26)38-32-14-13-28(21-30(31)32)27(5-2)12-11-25(3)23-36/h5,8-14,20-22H,3-4,6-7,15-19,24H2,1-2H3,(H,37,38)/b12-11-,27-5+. The van der Waals surface area contributed by atoms with Gasteiger partial charge in [0.1, 0.15) is 5.82 Å². The highest BCUT2D eigenvalue weighted by molar-refractivity contribution is 9.10. The summed E-state index contributed by atoms with van der Waals surface area (Å²) in [6.45, 7) is 12.9. The van der Waals surface area contributed by atoms with Crippen LogP contribution in [0.2, 0.25) is 0 Å². The Kier molecular flexibility index (Phi) is 10.9. The number of allylic oxidation sites excluding steroid dienone is 5. The Hall–Kier alpha value is -3.73. The normalized spacial score (nSPS) is 14.0. The van der Waals surface area contributed by atoms with Crippen LogP contribution in [0.4, 0.5) is 5.82 Å². The number of halogens is 1.